The van der Waals surface area contributed by atoms with Gasteiger partial charge in [-0.15, -0.1) is 0 Å². The Morgan fingerprint density at radius 3 is 2.34 bits per heavy atom. The third-order valence-corrected chi connectivity index (χ3v) is 8.71. The quantitative estimate of drug-likeness (QED) is 0.182. The number of nitrogens with one attached hydrogen (secondary N) is 3. The maximum atomic E-state index is 13.2. The van der Waals surface area contributed by atoms with E-state index in [0.29, 0.717) is 51.9 Å². The van der Waals surface area contributed by atoms with Crippen LogP contribution in [-0.2, 0) is 16.4 Å². The minimum atomic E-state index is -4.05. The molecule has 4 aromatic rings. The van der Waals surface area contributed by atoms with Gasteiger partial charge >= 0.3 is 0 Å². The number of aromatic amines is 1. The van der Waals surface area contributed by atoms with Crippen molar-refractivity contribution in [2.24, 2.45) is 0 Å². The number of hydrogen-bond donors (Lipinski definition) is 3. The Hall–Kier alpha value is -3.53. The molecule has 3 N–H and O–H groups in total. The molecule has 216 valence electrons. The Morgan fingerprint density at radius 2 is 1.63 bits per heavy atom. The first kappa shape index (κ1) is 30.4. The molecule has 3 aromatic carbocycles. The second kappa shape index (κ2) is 13.0. The van der Waals surface area contributed by atoms with Gasteiger partial charge in [0.15, 0.2) is 0 Å². The lowest BCUT2D eigenvalue weighted by atomic mass is 10.1. The summed E-state index contributed by atoms with van der Waals surface area (Å²) in [7, 11) is -4.05. The van der Waals surface area contributed by atoms with E-state index in [1.165, 1.54) is 0 Å². The van der Waals surface area contributed by atoms with Crippen LogP contribution in [0.4, 0.5) is 0 Å². The summed E-state index contributed by atoms with van der Waals surface area (Å²) in [4.78, 5) is 28.6. The predicted octanol–water partition coefficient (Wildman–Crippen LogP) is 5.90. The lowest BCUT2D eigenvalue weighted by molar-refractivity contribution is 0.0954. The molecule has 0 aliphatic rings. The summed E-state index contributed by atoms with van der Waals surface area (Å²) in [5.41, 5.74) is 4.48. The van der Waals surface area contributed by atoms with Gasteiger partial charge < -0.3 is 15.0 Å². The number of benzene rings is 3. The number of ether oxygens (including phenoxy) is 1. The van der Waals surface area contributed by atoms with Gasteiger partial charge in [-0.3, -0.25) is 9.59 Å². The molecule has 0 aliphatic heterocycles. The number of H-pyrrole nitrogens is 1. The number of rotatable bonds is 11. The standard InChI is InChI=1S/C30H31Cl2N3O5S/c1-18-7-4-5-8-23(18)29(36)33-12-14-41(38,39)35-30(37)28-25(24-11-10-21(31)17-26(24)34-28)9-6-13-40-22-15-19(2)27(32)20(3)16-22/h4-5,7-8,10-11,15-17,34H,6,9,12-14H2,1-3H3,(H,33,36)(H,35,37). The summed E-state index contributed by atoms with van der Waals surface area (Å²) in [6, 6.07) is 15.9. The fourth-order valence-corrected chi connectivity index (χ4v) is 5.71. The third-order valence-electron chi connectivity index (χ3n) is 6.64. The summed E-state index contributed by atoms with van der Waals surface area (Å²) in [6.45, 7) is 5.84. The van der Waals surface area contributed by atoms with Crippen molar-refractivity contribution in [1.82, 2.24) is 15.0 Å². The van der Waals surface area contributed by atoms with Crippen molar-refractivity contribution in [3.8, 4) is 5.75 Å². The molecule has 4 rings (SSSR count). The highest BCUT2D eigenvalue weighted by molar-refractivity contribution is 7.90. The molecule has 0 saturated heterocycles. The molecule has 11 heteroatoms. The lowest BCUT2D eigenvalue weighted by Gasteiger charge is -2.11. The second-order valence-electron chi connectivity index (χ2n) is 9.81. The molecule has 0 fully saturated rings. The van der Waals surface area contributed by atoms with Crippen LogP contribution < -0.4 is 14.8 Å². The minimum Gasteiger partial charge on any atom is -0.494 e. The van der Waals surface area contributed by atoms with Crippen molar-refractivity contribution in [3.63, 3.8) is 0 Å². The lowest BCUT2D eigenvalue weighted by Crippen LogP contribution is -2.38. The Labute approximate surface area is 249 Å². The zero-order chi connectivity index (χ0) is 29.7. The second-order valence-corrected chi connectivity index (χ2v) is 12.5. The van der Waals surface area contributed by atoms with E-state index in [1.807, 2.05) is 32.0 Å². The highest BCUT2D eigenvalue weighted by atomic mass is 35.5. The van der Waals surface area contributed by atoms with E-state index in [1.54, 1.807) is 43.3 Å². The molecule has 8 nitrogen and oxygen atoms in total. The first-order chi connectivity index (χ1) is 19.4. The summed E-state index contributed by atoms with van der Waals surface area (Å²) < 4.78 is 33.5. The molecular formula is C30H31Cl2N3O5S. The third kappa shape index (κ3) is 7.61. The van der Waals surface area contributed by atoms with Crippen LogP contribution in [0.25, 0.3) is 10.9 Å². The molecule has 0 atom stereocenters. The zero-order valence-electron chi connectivity index (χ0n) is 22.9. The van der Waals surface area contributed by atoms with Crippen molar-refractivity contribution in [1.29, 1.82) is 0 Å². The normalized spacial score (nSPS) is 11.4. The average molecular weight is 617 g/mol. The molecule has 0 unspecified atom stereocenters. The Balaban J connectivity index is 1.42. The maximum absolute atomic E-state index is 13.2. The summed E-state index contributed by atoms with van der Waals surface area (Å²) in [6.07, 6.45) is 1.01. The van der Waals surface area contributed by atoms with Crippen LogP contribution in [-0.4, -0.2) is 44.1 Å². The Morgan fingerprint density at radius 1 is 0.927 bits per heavy atom. The number of sulfonamides is 1. The van der Waals surface area contributed by atoms with E-state index < -0.39 is 21.7 Å². The van der Waals surface area contributed by atoms with Crippen LogP contribution in [0.2, 0.25) is 10.0 Å². The van der Waals surface area contributed by atoms with Crippen LogP contribution in [0.15, 0.2) is 54.6 Å². The highest BCUT2D eigenvalue weighted by Crippen LogP contribution is 2.28. The van der Waals surface area contributed by atoms with Crippen LogP contribution in [0.3, 0.4) is 0 Å². The molecule has 0 saturated carbocycles. The van der Waals surface area contributed by atoms with Crippen molar-refractivity contribution in [3.05, 3.63) is 98.2 Å². The molecular weight excluding hydrogens is 585 g/mol. The van der Waals surface area contributed by atoms with E-state index in [9.17, 15) is 18.0 Å². The minimum absolute atomic E-state index is 0.132. The maximum Gasteiger partial charge on any atom is 0.281 e. The zero-order valence-corrected chi connectivity index (χ0v) is 25.3. The number of halogens is 2. The molecule has 41 heavy (non-hydrogen) atoms. The van der Waals surface area contributed by atoms with Gasteiger partial charge in [-0.1, -0.05) is 47.5 Å². The van der Waals surface area contributed by atoms with E-state index in [2.05, 4.69) is 15.0 Å². The van der Waals surface area contributed by atoms with Crippen molar-refractivity contribution < 1.29 is 22.7 Å². The fraction of sp³-hybridized carbons (Fsp3) is 0.267. The number of hydrogen-bond acceptors (Lipinski definition) is 5. The molecule has 1 aromatic heterocycles. The number of aryl methyl sites for hydroxylation is 4. The summed E-state index contributed by atoms with van der Waals surface area (Å²) in [5, 5.41) is 4.54. The molecule has 1 heterocycles. The van der Waals surface area contributed by atoms with Crippen LogP contribution in [0.1, 0.15) is 49.5 Å². The predicted molar refractivity (Wildman–Crippen MR) is 163 cm³/mol. The van der Waals surface area contributed by atoms with Gasteiger partial charge in [0.25, 0.3) is 11.8 Å². The topological polar surface area (TPSA) is 117 Å². The molecule has 0 spiro atoms. The Bertz CT molecular complexity index is 1690. The van der Waals surface area contributed by atoms with Gasteiger partial charge in [-0.05, 0) is 86.2 Å². The molecule has 0 radical (unpaired) electrons. The fourth-order valence-electron chi connectivity index (χ4n) is 4.57. The largest absolute Gasteiger partial charge is 0.494 e. The first-order valence-corrected chi connectivity index (χ1v) is 15.4. The number of carbonyl (C=O) groups is 2. The van der Waals surface area contributed by atoms with E-state index in [0.717, 1.165) is 22.1 Å². The van der Waals surface area contributed by atoms with Crippen molar-refractivity contribution >= 4 is 55.9 Å². The average Bonchev–Trinajstić information content (AvgIpc) is 3.27. The van der Waals surface area contributed by atoms with Crippen molar-refractivity contribution in [2.45, 2.75) is 33.6 Å². The van der Waals surface area contributed by atoms with Crippen molar-refractivity contribution in [2.75, 3.05) is 18.9 Å². The molecule has 2 amide bonds. The number of fused-ring (bicyclic) bond motifs is 1. The van der Waals surface area contributed by atoms with Gasteiger partial charge in [0.1, 0.15) is 11.4 Å². The van der Waals surface area contributed by atoms with Gasteiger partial charge in [0.2, 0.25) is 10.0 Å². The number of aromatic nitrogens is 1. The van der Waals surface area contributed by atoms with Crippen LogP contribution in [0.5, 0.6) is 5.75 Å². The van der Waals surface area contributed by atoms with Gasteiger partial charge in [0.05, 0.1) is 12.4 Å². The SMILES string of the molecule is Cc1ccccc1C(=O)NCCS(=O)(=O)NC(=O)c1[nH]c2cc(Cl)ccc2c1CCCOc1cc(C)c(Cl)c(C)c1. The smallest absolute Gasteiger partial charge is 0.281 e. The van der Waals surface area contributed by atoms with E-state index >= 15 is 0 Å². The molecule has 0 aliphatic carbocycles. The van der Waals surface area contributed by atoms with Gasteiger partial charge in [0, 0.05) is 33.1 Å². The van der Waals surface area contributed by atoms with E-state index in [4.69, 9.17) is 27.9 Å². The van der Waals surface area contributed by atoms with Gasteiger partial charge in [-0.2, -0.15) is 0 Å². The summed E-state index contributed by atoms with van der Waals surface area (Å²) >= 11 is 12.4. The number of carbonyl (C=O) groups excluding carboxylic acids is 2. The monoisotopic (exact) mass is 615 g/mol. The van der Waals surface area contributed by atoms with Crippen LogP contribution >= 0.6 is 23.2 Å². The number of amides is 2. The summed E-state index contributed by atoms with van der Waals surface area (Å²) in [5.74, 6) is -0.937. The van der Waals surface area contributed by atoms with Gasteiger partial charge in [-0.25, -0.2) is 13.1 Å². The van der Waals surface area contributed by atoms with Crippen LogP contribution in [0, 0.1) is 20.8 Å². The first-order valence-electron chi connectivity index (χ1n) is 13.0. The Kier molecular flexibility index (Phi) is 9.63. The highest BCUT2D eigenvalue weighted by Gasteiger charge is 2.23. The molecule has 0 bridgehead atoms. The van der Waals surface area contributed by atoms with E-state index in [-0.39, 0.29) is 18.1 Å².